The number of hydrogen-bond donors (Lipinski definition) is 0. The Morgan fingerprint density at radius 1 is 1.44 bits per heavy atom. The van der Waals surface area contributed by atoms with Crippen LogP contribution in [0.2, 0.25) is 0 Å². The number of hydrogen-bond acceptors (Lipinski definition) is 5. The van der Waals surface area contributed by atoms with Crippen molar-refractivity contribution in [1.29, 1.82) is 0 Å². The smallest absolute Gasteiger partial charge is 0.267 e. The van der Waals surface area contributed by atoms with Crippen LogP contribution in [0.4, 0.5) is 0 Å². The minimum atomic E-state index is -0.192. The molecule has 7 heteroatoms. The van der Waals surface area contributed by atoms with Crippen molar-refractivity contribution in [2.24, 2.45) is 0 Å². The fourth-order valence-corrected chi connectivity index (χ4v) is 4.29. The molecule has 0 atom stereocenters. The summed E-state index contributed by atoms with van der Waals surface area (Å²) < 4.78 is 3.54. The first kappa shape index (κ1) is 14.3. The molecule has 0 fully saturated rings. The molecule has 0 aromatic carbocycles. The number of nitrogens with zero attached hydrogens (tertiary/aromatic N) is 3. The Hall–Kier alpha value is -0.150. The molecule has 2 aromatic rings. The molecule has 2 heterocycles. The second-order valence-electron chi connectivity index (χ2n) is 3.89. The molecule has 0 aliphatic carbocycles. The molecule has 0 bridgehead atoms. The van der Waals surface area contributed by atoms with E-state index in [0.29, 0.717) is 4.96 Å². The average Bonchev–Trinajstić information content (AvgIpc) is 2.72. The lowest BCUT2D eigenvalue weighted by Gasteiger charge is -1.96. The second-order valence-corrected chi connectivity index (χ2v) is 7.29. The van der Waals surface area contributed by atoms with E-state index in [0.717, 1.165) is 13.8 Å². The van der Waals surface area contributed by atoms with Gasteiger partial charge in [0.15, 0.2) is 4.34 Å². The normalized spacial score (nSPS) is 11.2. The zero-order valence-corrected chi connectivity index (χ0v) is 13.8. The maximum atomic E-state index is 11.3. The zero-order valence-electron chi connectivity index (χ0n) is 10.1. The van der Waals surface area contributed by atoms with Gasteiger partial charge in [-0.2, -0.15) is 9.50 Å². The van der Waals surface area contributed by atoms with Gasteiger partial charge in [0.25, 0.3) is 5.56 Å². The lowest BCUT2D eigenvalue weighted by atomic mass is 10.2. The molecule has 0 saturated heterocycles. The third kappa shape index (κ3) is 3.67. The first-order chi connectivity index (χ1) is 8.70. The van der Waals surface area contributed by atoms with Crippen LogP contribution in [0.3, 0.4) is 0 Å². The van der Waals surface area contributed by atoms with Gasteiger partial charge in [-0.1, -0.05) is 49.3 Å². The van der Waals surface area contributed by atoms with Gasteiger partial charge >= 0.3 is 0 Å². The number of thioether (sulfide) groups is 1. The number of halogens is 1. The van der Waals surface area contributed by atoms with Crippen LogP contribution in [0.5, 0.6) is 0 Å². The Morgan fingerprint density at radius 3 is 3.06 bits per heavy atom. The van der Waals surface area contributed by atoms with E-state index in [1.54, 1.807) is 16.3 Å². The van der Waals surface area contributed by atoms with Gasteiger partial charge in [0.1, 0.15) is 3.70 Å². The summed E-state index contributed by atoms with van der Waals surface area (Å²) in [5, 5.41) is 4.46. The molecule has 0 N–H and O–H groups in total. The Kier molecular flexibility index (Phi) is 5.43. The SMILES string of the molecule is CCCCCCSc1nn2c(I)cc(=O)nc2s1. The average molecular weight is 395 g/mol. The van der Waals surface area contributed by atoms with Gasteiger partial charge in [0.05, 0.1) is 0 Å². The minimum Gasteiger partial charge on any atom is -0.267 e. The van der Waals surface area contributed by atoms with E-state index in [1.807, 2.05) is 0 Å². The summed E-state index contributed by atoms with van der Waals surface area (Å²) >= 11 is 5.35. The molecule has 18 heavy (non-hydrogen) atoms. The van der Waals surface area contributed by atoms with Crippen molar-refractivity contribution >= 4 is 50.7 Å². The van der Waals surface area contributed by atoms with Crippen LogP contribution in [0.15, 0.2) is 15.2 Å². The summed E-state index contributed by atoms with van der Waals surface area (Å²) in [5.41, 5.74) is -0.192. The highest BCUT2D eigenvalue weighted by Crippen LogP contribution is 2.25. The van der Waals surface area contributed by atoms with Gasteiger partial charge in [-0.25, -0.2) is 0 Å². The van der Waals surface area contributed by atoms with E-state index >= 15 is 0 Å². The van der Waals surface area contributed by atoms with E-state index in [1.165, 1.54) is 43.1 Å². The lowest BCUT2D eigenvalue weighted by molar-refractivity contribution is 0.706. The summed E-state index contributed by atoms with van der Waals surface area (Å²) in [6.45, 7) is 2.21. The summed E-state index contributed by atoms with van der Waals surface area (Å²) in [5.74, 6) is 1.08. The number of aromatic nitrogens is 3. The fraction of sp³-hybridized carbons (Fsp3) is 0.545. The fourth-order valence-electron chi connectivity index (χ4n) is 1.51. The van der Waals surface area contributed by atoms with Crippen LogP contribution >= 0.6 is 45.7 Å². The lowest BCUT2D eigenvalue weighted by Crippen LogP contribution is -2.08. The third-order valence-corrected chi connectivity index (χ3v) is 5.31. The third-order valence-electron chi connectivity index (χ3n) is 2.42. The predicted octanol–water partition coefficient (Wildman–Crippen LogP) is 3.43. The van der Waals surface area contributed by atoms with Crippen molar-refractivity contribution in [3.8, 4) is 0 Å². The first-order valence-electron chi connectivity index (χ1n) is 5.90. The van der Waals surface area contributed by atoms with Crippen LogP contribution in [-0.2, 0) is 0 Å². The zero-order chi connectivity index (χ0) is 13.0. The molecule has 2 rings (SSSR count). The van der Waals surface area contributed by atoms with Crippen LogP contribution < -0.4 is 5.56 Å². The topological polar surface area (TPSA) is 47.3 Å². The van der Waals surface area contributed by atoms with Gasteiger partial charge in [-0.05, 0) is 29.0 Å². The summed E-state index contributed by atoms with van der Waals surface area (Å²) in [4.78, 5) is 15.9. The van der Waals surface area contributed by atoms with Crippen molar-refractivity contribution in [3.63, 3.8) is 0 Å². The summed E-state index contributed by atoms with van der Waals surface area (Å²) in [6.07, 6.45) is 5.06. The van der Waals surface area contributed by atoms with Gasteiger partial charge in [0, 0.05) is 11.8 Å². The van der Waals surface area contributed by atoms with Gasteiger partial charge < -0.3 is 0 Å². The standard InChI is InChI=1S/C11H14IN3OS2/c1-2-3-4-5-6-17-11-14-15-8(12)7-9(16)13-10(15)18-11/h7H,2-6H2,1H3. The number of unbranched alkanes of at least 4 members (excludes halogenated alkanes) is 3. The Balaban J connectivity index is 2.02. The van der Waals surface area contributed by atoms with Crippen LogP contribution in [0.1, 0.15) is 32.6 Å². The van der Waals surface area contributed by atoms with E-state index in [-0.39, 0.29) is 5.56 Å². The Morgan fingerprint density at radius 2 is 2.28 bits per heavy atom. The van der Waals surface area contributed by atoms with Crippen LogP contribution in [0.25, 0.3) is 4.96 Å². The van der Waals surface area contributed by atoms with E-state index in [9.17, 15) is 4.79 Å². The molecule has 0 radical (unpaired) electrons. The number of rotatable bonds is 6. The van der Waals surface area contributed by atoms with Gasteiger partial charge in [-0.3, -0.25) is 4.79 Å². The highest BCUT2D eigenvalue weighted by atomic mass is 127. The molecule has 98 valence electrons. The second kappa shape index (κ2) is 6.85. The molecule has 0 amide bonds. The molecule has 2 aromatic heterocycles. The summed E-state index contributed by atoms with van der Waals surface area (Å²) in [7, 11) is 0. The highest BCUT2D eigenvalue weighted by molar-refractivity contribution is 14.1. The molecular weight excluding hydrogens is 381 g/mol. The van der Waals surface area contributed by atoms with Crippen molar-refractivity contribution in [2.45, 2.75) is 36.9 Å². The maximum absolute atomic E-state index is 11.3. The molecule has 0 aliphatic rings. The quantitative estimate of drug-likeness (QED) is 0.326. The van der Waals surface area contributed by atoms with Crippen molar-refractivity contribution in [2.75, 3.05) is 5.75 Å². The molecular formula is C11H14IN3OS2. The first-order valence-corrected chi connectivity index (χ1v) is 8.78. The monoisotopic (exact) mass is 395 g/mol. The molecule has 0 saturated carbocycles. The maximum Gasteiger partial charge on any atom is 0.275 e. The predicted molar refractivity (Wildman–Crippen MR) is 84.7 cm³/mol. The molecule has 0 aliphatic heterocycles. The van der Waals surface area contributed by atoms with E-state index < -0.39 is 0 Å². The van der Waals surface area contributed by atoms with Crippen molar-refractivity contribution in [3.05, 3.63) is 20.1 Å². The van der Waals surface area contributed by atoms with Gasteiger partial charge in [0.2, 0.25) is 4.96 Å². The number of fused-ring (bicyclic) bond motifs is 1. The highest BCUT2D eigenvalue weighted by Gasteiger charge is 2.08. The Labute approximate surface area is 127 Å². The summed E-state index contributed by atoms with van der Waals surface area (Å²) in [6, 6.07) is 1.50. The van der Waals surface area contributed by atoms with E-state index in [2.05, 4.69) is 39.6 Å². The van der Waals surface area contributed by atoms with Crippen LogP contribution in [0, 0.1) is 3.70 Å². The van der Waals surface area contributed by atoms with E-state index in [4.69, 9.17) is 0 Å². The largest absolute Gasteiger partial charge is 0.275 e. The molecule has 0 spiro atoms. The minimum absolute atomic E-state index is 0.192. The van der Waals surface area contributed by atoms with Crippen molar-refractivity contribution in [1.82, 2.24) is 14.6 Å². The van der Waals surface area contributed by atoms with Gasteiger partial charge in [-0.15, -0.1) is 5.10 Å². The molecule has 4 nitrogen and oxygen atoms in total. The van der Waals surface area contributed by atoms with Crippen molar-refractivity contribution < 1.29 is 0 Å². The Bertz CT molecular complexity index is 581. The van der Waals surface area contributed by atoms with Crippen LogP contribution in [-0.4, -0.2) is 20.4 Å². The molecule has 0 unspecified atom stereocenters.